The van der Waals surface area contributed by atoms with Crippen molar-refractivity contribution in [2.75, 3.05) is 19.0 Å². The van der Waals surface area contributed by atoms with Crippen molar-refractivity contribution in [1.82, 2.24) is 4.98 Å². The van der Waals surface area contributed by atoms with Crippen molar-refractivity contribution in [2.45, 2.75) is 12.8 Å². The number of aldehydes is 1. The van der Waals surface area contributed by atoms with E-state index in [9.17, 15) is 4.79 Å². The summed E-state index contributed by atoms with van der Waals surface area (Å²) >= 11 is 0. The van der Waals surface area contributed by atoms with E-state index >= 15 is 0 Å². The number of aryl methyl sites for hydroxylation is 1. The number of rotatable bonds is 4. The third-order valence-electron chi connectivity index (χ3n) is 1.82. The van der Waals surface area contributed by atoms with Crippen LogP contribution in [0.2, 0.25) is 0 Å². The highest BCUT2D eigenvalue weighted by Crippen LogP contribution is 2.08. The largest absolute Gasteiger partial charge is 0.363 e. The second-order valence-electron chi connectivity index (χ2n) is 3.12. The molecule has 0 bridgehead atoms. The maximum atomic E-state index is 10.1. The quantitative estimate of drug-likeness (QED) is 0.651. The first-order valence-corrected chi connectivity index (χ1v) is 4.30. The summed E-state index contributed by atoms with van der Waals surface area (Å²) < 4.78 is 0. The zero-order valence-corrected chi connectivity index (χ0v) is 8.03. The van der Waals surface area contributed by atoms with Crippen LogP contribution in [-0.4, -0.2) is 25.4 Å². The molecule has 0 N–H and O–H groups in total. The van der Waals surface area contributed by atoms with Crippen LogP contribution in [0.25, 0.3) is 0 Å². The lowest BCUT2D eigenvalue weighted by atomic mass is 10.2. The Morgan fingerprint density at radius 2 is 2.23 bits per heavy atom. The molecule has 1 rings (SSSR count). The highest BCUT2D eigenvalue weighted by molar-refractivity contribution is 5.50. The smallest absolute Gasteiger partial charge is 0.127 e. The molecule has 0 aliphatic carbocycles. The van der Waals surface area contributed by atoms with Crippen LogP contribution in [0, 0.1) is 0 Å². The minimum Gasteiger partial charge on any atom is -0.363 e. The predicted molar refractivity (Wildman–Crippen MR) is 52.9 cm³/mol. The second-order valence-corrected chi connectivity index (χ2v) is 3.12. The van der Waals surface area contributed by atoms with Gasteiger partial charge in [0.2, 0.25) is 0 Å². The Morgan fingerprint density at radius 3 is 2.69 bits per heavy atom. The maximum absolute atomic E-state index is 10.1. The van der Waals surface area contributed by atoms with Gasteiger partial charge in [0.25, 0.3) is 0 Å². The molecule has 70 valence electrons. The van der Waals surface area contributed by atoms with E-state index in [4.69, 9.17) is 0 Å². The fraction of sp³-hybridized carbons (Fsp3) is 0.400. The van der Waals surface area contributed by atoms with Gasteiger partial charge < -0.3 is 9.69 Å². The van der Waals surface area contributed by atoms with Gasteiger partial charge in [-0.3, -0.25) is 0 Å². The molecular formula is C10H14N2O. The normalized spacial score (nSPS) is 9.69. The lowest BCUT2D eigenvalue weighted by molar-refractivity contribution is -0.107. The molecule has 0 radical (unpaired) electrons. The number of aromatic nitrogens is 1. The van der Waals surface area contributed by atoms with Crippen molar-refractivity contribution in [3.05, 3.63) is 23.9 Å². The molecule has 1 aromatic rings. The molecule has 0 unspecified atom stereocenters. The third-order valence-corrected chi connectivity index (χ3v) is 1.82. The number of pyridine rings is 1. The van der Waals surface area contributed by atoms with Gasteiger partial charge in [-0.1, -0.05) is 6.07 Å². The van der Waals surface area contributed by atoms with Gasteiger partial charge in [0.15, 0.2) is 0 Å². The summed E-state index contributed by atoms with van der Waals surface area (Å²) in [6.07, 6.45) is 4.10. The minimum absolute atomic E-state index is 0.572. The Balaban J connectivity index is 2.64. The molecular weight excluding hydrogens is 164 g/mol. The summed E-state index contributed by atoms with van der Waals surface area (Å²) in [5, 5.41) is 0. The predicted octanol–water partition coefficient (Wildman–Crippen LogP) is 1.28. The molecule has 3 heteroatoms. The van der Waals surface area contributed by atoms with Crippen LogP contribution in [0.5, 0.6) is 0 Å². The summed E-state index contributed by atoms with van der Waals surface area (Å²) in [6, 6.07) is 3.96. The monoisotopic (exact) mass is 178 g/mol. The van der Waals surface area contributed by atoms with Crippen LogP contribution in [0.15, 0.2) is 18.3 Å². The van der Waals surface area contributed by atoms with E-state index in [1.54, 1.807) is 0 Å². The van der Waals surface area contributed by atoms with E-state index < -0.39 is 0 Å². The molecule has 0 saturated carbocycles. The van der Waals surface area contributed by atoms with Crippen LogP contribution in [-0.2, 0) is 11.2 Å². The highest BCUT2D eigenvalue weighted by atomic mass is 16.1. The number of hydrogen-bond donors (Lipinski definition) is 0. The van der Waals surface area contributed by atoms with Crippen LogP contribution >= 0.6 is 0 Å². The molecule has 0 aliphatic rings. The average Bonchev–Trinajstić information content (AvgIpc) is 2.15. The van der Waals surface area contributed by atoms with E-state index in [0.29, 0.717) is 6.42 Å². The Bertz CT molecular complexity index is 267. The number of carbonyl (C=O) groups is 1. The fourth-order valence-electron chi connectivity index (χ4n) is 1.05. The molecule has 0 aromatic carbocycles. The summed E-state index contributed by atoms with van der Waals surface area (Å²) in [5.41, 5.74) is 1.11. The molecule has 0 atom stereocenters. The van der Waals surface area contributed by atoms with Crippen molar-refractivity contribution < 1.29 is 4.79 Å². The van der Waals surface area contributed by atoms with Crippen molar-refractivity contribution in [3.8, 4) is 0 Å². The lowest BCUT2D eigenvalue weighted by Gasteiger charge is -2.10. The van der Waals surface area contributed by atoms with Crippen LogP contribution in [0.3, 0.4) is 0 Å². The first kappa shape index (κ1) is 9.71. The molecule has 13 heavy (non-hydrogen) atoms. The molecule has 1 aromatic heterocycles. The summed E-state index contributed by atoms with van der Waals surface area (Å²) in [7, 11) is 3.90. The maximum Gasteiger partial charge on any atom is 0.127 e. The Labute approximate surface area is 78.4 Å². The molecule has 1 heterocycles. The number of anilines is 1. The average molecular weight is 178 g/mol. The van der Waals surface area contributed by atoms with Gasteiger partial charge in [-0.25, -0.2) is 4.98 Å². The van der Waals surface area contributed by atoms with Crippen LogP contribution in [0.4, 0.5) is 5.82 Å². The summed E-state index contributed by atoms with van der Waals surface area (Å²) in [4.78, 5) is 16.3. The van der Waals surface area contributed by atoms with Gasteiger partial charge >= 0.3 is 0 Å². The molecule has 0 aliphatic heterocycles. The van der Waals surface area contributed by atoms with Gasteiger partial charge in [0, 0.05) is 26.7 Å². The third kappa shape index (κ3) is 2.86. The van der Waals surface area contributed by atoms with Crippen molar-refractivity contribution in [2.24, 2.45) is 0 Å². The van der Waals surface area contributed by atoms with E-state index in [0.717, 1.165) is 24.1 Å². The van der Waals surface area contributed by atoms with Crippen LogP contribution in [0.1, 0.15) is 12.0 Å². The Morgan fingerprint density at radius 1 is 1.46 bits per heavy atom. The lowest BCUT2D eigenvalue weighted by Crippen LogP contribution is -2.10. The molecule has 0 fully saturated rings. The minimum atomic E-state index is 0.572. The molecule has 3 nitrogen and oxygen atoms in total. The summed E-state index contributed by atoms with van der Waals surface area (Å²) in [6.45, 7) is 0. The van der Waals surface area contributed by atoms with Crippen LogP contribution < -0.4 is 4.90 Å². The standard InChI is InChI=1S/C10H14N2O/c1-12(2)10-6-5-9(8-11-10)4-3-7-13/h5-8H,3-4H2,1-2H3. The SMILES string of the molecule is CN(C)c1ccc(CCC=O)cn1. The zero-order valence-electron chi connectivity index (χ0n) is 8.03. The number of hydrogen-bond acceptors (Lipinski definition) is 3. The van der Waals surface area contributed by atoms with Crippen molar-refractivity contribution >= 4 is 12.1 Å². The molecule has 0 amide bonds. The fourth-order valence-corrected chi connectivity index (χ4v) is 1.05. The number of carbonyl (C=O) groups excluding carboxylic acids is 1. The molecule has 0 spiro atoms. The number of nitrogens with zero attached hydrogens (tertiary/aromatic N) is 2. The van der Waals surface area contributed by atoms with E-state index in [1.165, 1.54) is 0 Å². The van der Waals surface area contributed by atoms with Gasteiger partial charge in [-0.05, 0) is 18.1 Å². The van der Waals surface area contributed by atoms with Crippen molar-refractivity contribution in [3.63, 3.8) is 0 Å². The molecule has 0 saturated heterocycles. The first-order chi connectivity index (χ1) is 6.24. The first-order valence-electron chi connectivity index (χ1n) is 4.30. The zero-order chi connectivity index (χ0) is 9.68. The highest BCUT2D eigenvalue weighted by Gasteiger charge is 1.96. The van der Waals surface area contributed by atoms with E-state index in [1.807, 2.05) is 37.3 Å². The van der Waals surface area contributed by atoms with Gasteiger partial charge in [0.1, 0.15) is 12.1 Å². The Hall–Kier alpha value is -1.38. The van der Waals surface area contributed by atoms with Gasteiger partial charge in [-0.15, -0.1) is 0 Å². The van der Waals surface area contributed by atoms with Gasteiger partial charge in [-0.2, -0.15) is 0 Å². The second kappa shape index (κ2) is 4.60. The Kier molecular flexibility index (Phi) is 3.43. The van der Waals surface area contributed by atoms with Gasteiger partial charge in [0.05, 0.1) is 0 Å². The van der Waals surface area contributed by atoms with Crippen molar-refractivity contribution in [1.29, 1.82) is 0 Å². The van der Waals surface area contributed by atoms with E-state index in [-0.39, 0.29) is 0 Å². The summed E-state index contributed by atoms with van der Waals surface area (Å²) in [5.74, 6) is 0.940. The van der Waals surface area contributed by atoms with E-state index in [2.05, 4.69) is 4.98 Å². The topological polar surface area (TPSA) is 33.2 Å².